The second-order valence-electron chi connectivity index (χ2n) is 8.45. The summed E-state index contributed by atoms with van der Waals surface area (Å²) in [5.41, 5.74) is -0.981. The van der Waals surface area contributed by atoms with Crippen molar-refractivity contribution in [2.75, 3.05) is 25.4 Å². The molecule has 0 aliphatic carbocycles. The fraction of sp³-hybridized carbons (Fsp3) is 0.789. The van der Waals surface area contributed by atoms with E-state index in [1.165, 1.54) is 16.7 Å². The van der Waals surface area contributed by atoms with Gasteiger partial charge in [0.15, 0.2) is 0 Å². The number of hydrogen-bond acceptors (Lipinski definition) is 8. The number of aliphatic hydroxyl groups is 2. The molecule has 0 unspecified atom stereocenters. The monoisotopic (exact) mass is 444 g/mol. The van der Waals surface area contributed by atoms with Crippen molar-refractivity contribution in [3.63, 3.8) is 0 Å². The summed E-state index contributed by atoms with van der Waals surface area (Å²) in [6.45, 7) is 4.91. The van der Waals surface area contributed by atoms with E-state index < -0.39 is 29.4 Å². The molecule has 10 nitrogen and oxygen atoms in total. The van der Waals surface area contributed by atoms with Gasteiger partial charge < -0.3 is 35.6 Å². The number of amides is 3. The Hall–Kier alpha value is -1.85. The van der Waals surface area contributed by atoms with Crippen LogP contribution < -0.4 is 15.7 Å². The maximum absolute atomic E-state index is 11.9. The van der Waals surface area contributed by atoms with Gasteiger partial charge in [0.05, 0.1) is 24.5 Å². The number of thioether (sulfide) groups is 1. The van der Waals surface area contributed by atoms with E-state index in [0.717, 1.165) is 0 Å². The van der Waals surface area contributed by atoms with Crippen molar-refractivity contribution < 1.29 is 34.5 Å². The molecule has 4 N–H and O–H groups in total. The van der Waals surface area contributed by atoms with Gasteiger partial charge in [-0.25, -0.2) is 0 Å². The van der Waals surface area contributed by atoms with E-state index in [0.29, 0.717) is 18.7 Å². The van der Waals surface area contributed by atoms with Crippen LogP contribution in [0.4, 0.5) is 0 Å². The lowest BCUT2D eigenvalue weighted by Crippen LogP contribution is -2.63. The van der Waals surface area contributed by atoms with Gasteiger partial charge in [0.2, 0.25) is 17.7 Å². The maximum Gasteiger partial charge on any atom is 0.249 e. The number of hydrogen-bond donors (Lipinski definition) is 4. The molecule has 0 saturated carbocycles. The Bertz CT molecular complexity index is 687. The van der Waals surface area contributed by atoms with Crippen LogP contribution in [-0.4, -0.2) is 87.7 Å². The second-order valence-corrected chi connectivity index (χ2v) is 9.80. The number of β-lactam (4-membered cyclic amide) rings is 1. The van der Waals surface area contributed by atoms with Crippen LogP contribution in [0.1, 0.15) is 33.6 Å². The number of carbonyl (C=O) groups excluding carboxylic acids is 4. The van der Waals surface area contributed by atoms with Crippen molar-refractivity contribution in [1.29, 1.82) is 0 Å². The molecule has 0 spiro atoms. The van der Waals surface area contributed by atoms with Crippen molar-refractivity contribution in [3.8, 4) is 0 Å². The molecule has 2 aliphatic rings. The first-order valence-corrected chi connectivity index (χ1v) is 11.0. The number of aliphatic hydroxyl groups excluding tert-OH is 2. The minimum Gasteiger partial charge on any atom is -0.548 e. The van der Waals surface area contributed by atoms with Gasteiger partial charge in [0.1, 0.15) is 6.10 Å². The van der Waals surface area contributed by atoms with E-state index in [-0.39, 0.29) is 48.6 Å². The van der Waals surface area contributed by atoms with E-state index >= 15 is 0 Å². The van der Waals surface area contributed by atoms with E-state index in [1.807, 2.05) is 0 Å². The van der Waals surface area contributed by atoms with Crippen LogP contribution in [0.15, 0.2) is 0 Å². The molecule has 0 aromatic carbocycles. The summed E-state index contributed by atoms with van der Waals surface area (Å²) in [4.78, 5) is 48.5. The lowest BCUT2D eigenvalue weighted by Gasteiger charge is -2.44. The molecule has 0 aromatic heterocycles. The minimum atomic E-state index is -1.38. The largest absolute Gasteiger partial charge is 0.548 e. The van der Waals surface area contributed by atoms with Crippen LogP contribution in [-0.2, 0) is 19.2 Å². The fourth-order valence-electron chi connectivity index (χ4n) is 3.68. The van der Waals surface area contributed by atoms with Gasteiger partial charge in [-0.2, -0.15) is 11.8 Å². The molecule has 2 aliphatic heterocycles. The number of nitrogens with one attached hydrogen (secondary N) is 2. The highest BCUT2D eigenvalue weighted by Crippen LogP contribution is 2.43. The van der Waals surface area contributed by atoms with Gasteiger partial charge >= 0.3 is 0 Å². The highest BCUT2D eigenvalue weighted by Gasteiger charge is 2.55. The van der Waals surface area contributed by atoms with Crippen molar-refractivity contribution >= 4 is 35.5 Å². The molecular weight excluding hydrogens is 414 g/mol. The maximum atomic E-state index is 11.9. The summed E-state index contributed by atoms with van der Waals surface area (Å²) >= 11 is 1.40. The highest BCUT2D eigenvalue weighted by molar-refractivity contribution is 8.00. The third-order valence-electron chi connectivity index (χ3n) is 5.75. The third kappa shape index (κ3) is 5.25. The van der Waals surface area contributed by atoms with E-state index in [4.69, 9.17) is 5.11 Å². The fourth-order valence-corrected chi connectivity index (χ4v) is 4.96. The molecular formula is C19H30N3O7S-. The summed E-state index contributed by atoms with van der Waals surface area (Å²) in [5.74, 6) is -2.02. The lowest BCUT2D eigenvalue weighted by atomic mass is 9.87. The van der Waals surface area contributed by atoms with Crippen LogP contribution >= 0.6 is 11.8 Å². The molecule has 170 valence electrons. The third-order valence-corrected chi connectivity index (χ3v) is 7.07. The Morgan fingerprint density at radius 1 is 1.30 bits per heavy atom. The summed E-state index contributed by atoms with van der Waals surface area (Å²) in [5, 5.41) is 35.4. The van der Waals surface area contributed by atoms with E-state index in [2.05, 4.69) is 10.6 Å². The molecule has 2 saturated heterocycles. The van der Waals surface area contributed by atoms with Crippen LogP contribution in [0.5, 0.6) is 0 Å². The van der Waals surface area contributed by atoms with Gasteiger partial charge in [0, 0.05) is 42.0 Å². The normalized spacial score (nSPS) is 26.6. The molecule has 2 heterocycles. The SMILES string of the molecule is C[C@H]1C(=O)N2[C@H](C(=O)[O-])[C@H](SCCNC(=O)CCNC(=O)[C@H](O)C(C)(C)CO)C[C@@H]12. The van der Waals surface area contributed by atoms with Crippen LogP contribution in [0, 0.1) is 11.3 Å². The average molecular weight is 445 g/mol. The summed E-state index contributed by atoms with van der Waals surface area (Å²) in [6, 6.07) is -0.980. The van der Waals surface area contributed by atoms with Crippen LogP contribution in [0.25, 0.3) is 0 Å². The molecule has 3 amide bonds. The second kappa shape index (κ2) is 9.97. The Morgan fingerprint density at radius 3 is 2.57 bits per heavy atom. The zero-order valence-electron chi connectivity index (χ0n) is 17.4. The molecule has 0 aromatic rings. The van der Waals surface area contributed by atoms with Crippen molar-refractivity contribution in [2.24, 2.45) is 11.3 Å². The van der Waals surface area contributed by atoms with Gasteiger partial charge in [-0.1, -0.05) is 20.8 Å². The number of fused-ring (bicyclic) bond motifs is 1. The first kappa shape index (κ1) is 24.4. The summed E-state index contributed by atoms with van der Waals surface area (Å²) in [7, 11) is 0. The van der Waals surface area contributed by atoms with Crippen LogP contribution in [0.3, 0.4) is 0 Å². The van der Waals surface area contributed by atoms with Gasteiger partial charge in [-0.3, -0.25) is 14.4 Å². The standard InChI is InChI=1S/C19H31N3O7S/c1-10-11-8-12(14(18(28)29)22(11)17(10)27)30-7-6-20-13(24)4-5-21-16(26)15(25)19(2,3)9-23/h10-12,14-15,23,25H,4-9H2,1-3H3,(H,20,24)(H,21,26)(H,28,29)/p-1/t10-,11+,12-,14+,15+/m1/s1. The van der Waals surface area contributed by atoms with Crippen LogP contribution in [0.2, 0.25) is 0 Å². The smallest absolute Gasteiger partial charge is 0.249 e. The summed E-state index contributed by atoms with van der Waals surface area (Å²) < 4.78 is 0. The predicted octanol–water partition coefficient (Wildman–Crippen LogP) is -2.54. The Kier molecular flexibility index (Phi) is 8.12. The molecule has 11 heteroatoms. The van der Waals surface area contributed by atoms with Gasteiger partial charge in [-0.05, 0) is 6.42 Å². The number of nitrogens with zero attached hydrogens (tertiary/aromatic N) is 1. The quantitative estimate of drug-likeness (QED) is 0.200. The zero-order chi connectivity index (χ0) is 22.6. The Labute approximate surface area is 179 Å². The van der Waals surface area contributed by atoms with Crippen molar-refractivity contribution in [3.05, 3.63) is 0 Å². The van der Waals surface area contributed by atoms with Crippen molar-refractivity contribution in [1.82, 2.24) is 15.5 Å². The van der Waals surface area contributed by atoms with Crippen molar-refractivity contribution in [2.45, 2.75) is 57.1 Å². The zero-order valence-corrected chi connectivity index (χ0v) is 18.2. The first-order valence-electron chi connectivity index (χ1n) is 9.99. The minimum absolute atomic E-state index is 0.0235. The molecule has 30 heavy (non-hydrogen) atoms. The van der Waals surface area contributed by atoms with Gasteiger partial charge in [0.25, 0.3) is 0 Å². The molecule has 0 bridgehead atoms. The topological polar surface area (TPSA) is 159 Å². The van der Waals surface area contributed by atoms with E-state index in [9.17, 15) is 29.4 Å². The Balaban J connectivity index is 1.65. The molecule has 2 fully saturated rings. The number of rotatable bonds is 11. The first-order chi connectivity index (χ1) is 14.0. The lowest BCUT2D eigenvalue weighted by molar-refractivity contribution is -0.311. The number of carbonyl (C=O) groups is 4. The average Bonchev–Trinajstić information content (AvgIpc) is 3.06. The highest BCUT2D eigenvalue weighted by atomic mass is 32.2. The van der Waals surface area contributed by atoms with Gasteiger partial charge in [-0.15, -0.1) is 0 Å². The molecule has 2 rings (SSSR count). The number of aliphatic carboxylic acids is 1. The molecule has 5 atom stereocenters. The number of carboxylic acid groups (broad SMARTS) is 1. The van der Waals surface area contributed by atoms with E-state index in [1.54, 1.807) is 20.8 Å². The molecule has 0 radical (unpaired) electrons. The summed E-state index contributed by atoms with van der Waals surface area (Å²) in [6.07, 6.45) is -0.760. The Morgan fingerprint density at radius 2 is 1.97 bits per heavy atom. The predicted molar refractivity (Wildman–Crippen MR) is 107 cm³/mol. The number of carboxylic acids is 1.